The van der Waals surface area contributed by atoms with Gasteiger partial charge in [0.25, 0.3) is 5.91 Å². The number of halogens is 1. The SMILES string of the molecule is Cc1cccc(C)c1NC(=O)[C@H](C)Oc1ccc(Br)cc1. The summed E-state index contributed by atoms with van der Waals surface area (Å²) in [6.07, 6.45) is -0.565. The van der Waals surface area contributed by atoms with E-state index >= 15 is 0 Å². The molecule has 1 amide bonds. The topological polar surface area (TPSA) is 38.3 Å². The normalized spacial score (nSPS) is 11.8. The van der Waals surface area contributed by atoms with Crippen LogP contribution >= 0.6 is 15.9 Å². The highest BCUT2D eigenvalue weighted by molar-refractivity contribution is 9.10. The van der Waals surface area contributed by atoms with E-state index in [1.807, 2.05) is 56.3 Å². The zero-order chi connectivity index (χ0) is 15.4. The zero-order valence-electron chi connectivity index (χ0n) is 12.3. The molecule has 4 heteroatoms. The van der Waals surface area contributed by atoms with E-state index in [4.69, 9.17) is 4.74 Å². The highest BCUT2D eigenvalue weighted by atomic mass is 79.9. The first-order valence-corrected chi connectivity index (χ1v) is 7.56. The van der Waals surface area contributed by atoms with Crippen LogP contribution in [0.1, 0.15) is 18.1 Å². The molecule has 21 heavy (non-hydrogen) atoms. The average molecular weight is 348 g/mol. The van der Waals surface area contributed by atoms with Gasteiger partial charge in [-0.1, -0.05) is 34.1 Å². The van der Waals surface area contributed by atoms with E-state index in [0.29, 0.717) is 5.75 Å². The van der Waals surface area contributed by atoms with Crippen LogP contribution in [-0.4, -0.2) is 12.0 Å². The van der Waals surface area contributed by atoms with Gasteiger partial charge < -0.3 is 10.1 Å². The Morgan fingerprint density at radius 1 is 1.10 bits per heavy atom. The molecule has 0 bridgehead atoms. The Bertz CT molecular complexity index is 617. The van der Waals surface area contributed by atoms with Gasteiger partial charge in [-0.15, -0.1) is 0 Å². The van der Waals surface area contributed by atoms with Crippen molar-refractivity contribution in [2.45, 2.75) is 26.9 Å². The van der Waals surface area contributed by atoms with Gasteiger partial charge in [0.05, 0.1) is 0 Å². The maximum absolute atomic E-state index is 12.2. The second-order valence-electron chi connectivity index (χ2n) is 4.97. The summed E-state index contributed by atoms with van der Waals surface area (Å²) in [6, 6.07) is 13.3. The molecule has 3 nitrogen and oxygen atoms in total. The van der Waals surface area contributed by atoms with E-state index in [0.717, 1.165) is 21.3 Å². The monoisotopic (exact) mass is 347 g/mol. The molecular formula is C17H18BrNO2. The number of para-hydroxylation sites is 1. The summed E-state index contributed by atoms with van der Waals surface area (Å²) in [5.41, 5.74) is 2.94. The molecule has 0 saturated carbocycles. The first-order chi connectivity index (χ1) is 9.97. The maximum atomic E-state index is 12.2. The Labute approximate surface area is 133 Å². The third kappa shape index (κ3) is 4.08. The van der Waals surface area contributed by atoms with Crippen molar-refractivity contribution in [3.63, 3.8) is 0 Å². The molecule has 0 unspecified atom stereocenters. The molecule has 0 fully saturated rings. The molecule has 2 aromatic carbocycles. The molecule has 0 radical (unpaired) electrons. The lowest BCUT2D eigenvalue weighted by Crippen LogP contribution is -2.30. The number of benzene rings is 2. The van der Waals surface area contributed by atoms with Crippen molar-refractivity contribution >= 4 is 27.5 Å². The molecule has 2 aromatic rings. The van der Waals surface area contributed by atoms with Gasteiger partial charge in [0.2, 0.25) is 0 Å². The van der Waals surface area contributed by atoms with Crippen molar-refractivity contribution in [3.8, 4) is 5.75 Å². The number of amides is 1. The molecule has 0 aromatic heterocycles. The number of carbonyl (C=O) groups excluding carboxylic acids is 1. The van der Waals surface area contributed by atoms with Gasteiger partial charge in [0, 0.05) is 10.2 Å². The molecule has 1 atom stereocenters. The number of rotatable bonds is 4. The fraction of sp³-hybridized carbons (Fsp3) is 0.235. The van der Waals surface area contributed by atoms with Crippen LogP contribution < -0.4 is 10.1 Å². The lowest BCUT2D eigenvalue weighted by atomic mass is 10.1. The van der Waals surface area contributed by atoms with Crippen LogP contribution in [0.5, 0.6) is 5.75 Å². The predicted octanol–water partition coefficient (Wildman–Crippen LogP) is 4.47. The second kappa shape index (κ2) is 6.76. The molecule has 2 rings (SSSR count). The van der Waals surface area contributed by atoms with Crippen molar-refractivity contribution in [1.29, 1.82) is 0 Å². The third-order valence-corrected chi connectivity index (χ3v) is 3.75. The quantitative estimate of drug-likeness (QED) is 0.885. The van der Waals surface area contributed by atoms with Crippen LogP contribution in [0, 0.1) is 13.8 Å². The van der Waals surface area contributed by atoms with Crippen LogP contribution in [0.15, 0.2) is 46.9 Å². The smallest absolute Gasteiger partial charge is 0.265 e. The largest absolute Gasteiger partial charge is 0.481 e. The molecule has 0 heterocycles. The van der Waals surface area contributed by atoms with Gasteiger partial charge in [0.15, 0.2) is 6.10 Å². The molecule has 110 valence electrons. The van der Waals surface area contributed by atoms with Crippen LogP contribution in [0.4, 0.5) is 5.69 Å². The summed E-state index contributed by atoms with van der Waals surface area (Å²) >= 11 is 3.37. The van der Waals surface area contributed by atoms with Gasteiger partial charge >= 0.3 is 0 Å². The fourth-order valence-corrected chi connectivity index (χ4v) is 2.27. The van der Waals surface area contributed by atoms with Crippen molar-refractivity contribution in [1.82, 2.24) is 0 Å². The first-order valence-electron chi connectivity index (χ1n) is 6.76. The van der Waals surface area contributed by atoms with E-state index < -0.39 is 6.10 Å². The minimum Gasteiger partial charge on any atom is -0.481 e. The van der Waals surface area contributed by atoms with E-state index in [2.05, 4.69) is 21.2 Å². The Morgan fingerprint density at radius 3 is 2.24 bits per heavy atom. The summed E-state index contributed by atoms with van der Waals surface area (Å²) in [7, 11) is 0. The number of anilines is 1. The van der Waals surface area contributed by atoms with E-state index in [9.17, 15) is 4.79 Å². The Hall–Kier alpha value is -1.81. The summed E-state index contributed by atoms with van der Waals surface area (Å²) in [4.78, 5) is 12.2. The van der Waals surface area contributed by atoms with Crippen LogP contribution in [0.2, 0.25) is 0 Å². The van der Waals surface area contributed by atoms with Crippen LogP contribution in [-0.2, 0) is 4.79 Å². The fourth-order valence-electron chi connectivity index (χ4n) is 2.01. The summed E-state index contributed by atoms with van der Waals surface area (Å²) in [5.74, 6) is 0.512. The second-order valence-corrected chi connectivity index (χ2v) is 5.89. The lowest BCUT2D eigenvalue weighted by molar-refractivity contribution is -0.122. The Morgan fingerprint density at radius 2 is 1.67 bits per heavy atom. The third-order valence-electron chi connectivity index (χ3n) is 3.23. The van der Waals surface area contributed by atoms with Crippen molar-refractivity contribution < 1.29 is 9.53 Å². The summed E-state index contributed by atoms with van der Waals surface area (Å²) in [6.45, 7) is 5.69. The minimum atomic E-state index is -0.565. The summed E-state index contributed by atoms with van der Waals surface area (Å²) < 4.78 is 6.62. The zero-order valence-corrected chi connectivity index (χ0v) is 13.9. The standard InChI is InChI=1S/C17H18BrNO2/c1-11-5-4-6-12(2)16(11)19-17(20)13(3)21-15-9-7-14(18)8-10-15/h4-10,13H,1-3H3,(H,19,20)/t13-/m0/s1. The molecular weight excluding hydrogens is 330 g/mol. The van der Waals surface area contributed by atoms with Crippen molar-refractivity contribution in [3.05, 3.63) is 58.1 Å². The predicted molar refractivity (Wildman–Crippen MR) is 88.8 cm³/mol. The minimum absolute atomic E-state index is 0.157. The maximum Gasteiger partial charge on any atom is 0.265 e. The van der Waals surface area contributed by atoms with Gasteiger partial charge in [-0.05, 0) is 56.2 Å². The number of hydrogen-bond donors (Lipinski definition) is 1. The number of carbonyl (C=O) groups is 1. The molecule has 0 aliphatic rings. The highest BCUT2D eigenvalue weighted by Crippen LogP contribution is 2.21. The number of aryl methyl sites for hydroxylation is 2. The van der Waals surface area contributed by atoms with Gasteiger partial charge in [-0.3, -0.25) is 4.79 Å². The van der Waals surface area contributed by atoms with Gasteiger partial charge in [0.1, 0.15) is 5.75 Å². The lowest BCUT2D eigenvalue weighted by Gasteiger charge is -2.17. The van der Waals surface area contributed by atoms with E-state index in [-0.39, 0.29) is 5.91 Å². The average Bonchev–Trinajstić information content (AvgIpc) is 2.45. The number of nitrogens with one attached hydrogen (secondary N) is 1. The molecule has 1 N–H and O–H groups in total. The Balaban J connectivity index is 2.04. The van der Waals surface area contributed by atoms with Crippen LogP contribution in [0.3, 0.4) is 0 Å². The molecule has 0 spiro atoms. The van der Waals surface area contributed by atoms with Crippen molar-refractivity contribution in [2.24, 2.45) is 0 Å². The van der Waals surface area contributed by atoms with Gasteiger partial charge in [-0.25, -0.2) is 0 Å². The highest BCUT2D eigenvalue weighted by Gasteiger charge is 2.16. The number of hydrogen-bond acceptors (Lipinski definition) is 2. The molecule has 0 aliphatic carbocycles. The molecule has 0 saturated heterocycles. The van der Waals surface area contributed by atoms with Gasteiger partial charge in [-0.2, -0.15) is 0 Å². The van der Waals surface area contributed by atoms with Crippen LogP contribution in [0.25, 0.3) is 0 Å². The summed E-state index contributed by atoms with van der Waals surface area (Å²) in [5, 5.41) is 2.94. The Kier molecular flexibility index (Phi) is 5.02. The first kappa shape index (κ1) is 15.6. The van der Waals surface area contributed by atoms with E-state index in [1.54, 1.807) is 6.92 Å². The van der Waals surface area contributed by atoms with E-state index in [1.165, 1.54) is 0 Å². The van der Waals surface area contributed by atoms with Crippen molar-refractivity contribution in [2.75, 3.05) is 5.32 Å². The molecule has 0 aliphatic heterocycles. The number of ether oxygens (including phenoxy) is 1.